The van der Waals surface area contributed by atoms with Gasteiger partial charge in [0.25, 0.3) is 0 Å². The molecule has 3 heteroatoms. The van der Waals surface area contributed by atoms with Gasteiger partial charge in [-0.05, 0) is 19.4 Å². The van der Waals surface area contributed by atoms with E-state index in [0.717, 1.165) is 6.42 Å². The van der Waals surface area contributed by atoms with Crippen LogP contribution in [0.2, 0.25) is 0 Å². The minimum atomic E-state index is -0.124. The van der Waals surface area contributed by atoms with Crippen molar-refractivity contribution in [1.82, 2.24) is 0 Å². The van der Waals surface area contributed by atoms with Crippen LogP contribution in [0.4, 0.5) is 0 Å². The Balaban J connectivity index is 2.21. The van der Waals surface area contributed by atoms with Gasteiger partial charge in [0, 0.05) is 5.92 Å². The number of ether oxygens (including phenoxy) is 2. The van der Waals surface area contributed by atoms with E-state index in [1.54, 1.807) is 6.26 Å². The third-order valence-corrected chi connectivity index (χ3v) is 1.75. The number of carbonyl (C=O) groups is 1. The van der Waals surface area contributed by atoms with Gasteiger partial charge in [-0.1, -0.05) is 0 Å². The van der Waals surface area contributed by atoms with Crippen molar-refractivity contribution in [3.63, 3.8) is 0 Å². The van der Waals surface area contributed by atoms with Crippen LogP contribution in [0.25, 0.3) is 0 Å². The number of allylic oxidation sites excluding steroid dienone is 1. The summed E-state index contributed by atoms with van der Waals surface area (Å²) in [7, 11) is 0. The molecule has 1 aliphatic rings. The largest absolute Gasteiger partial charge is 0.501 e. The Hall–Kier alpha value is -0.990. The lowest BCUT2D eigenvalue weighted by molar-refractivity contribution is -0.144. The van der Waals surface area contributed by atoms with Crippen LogP contribution in [0.1, 0.15) is 19.8 Å². The maximum absolute atomic E-state index is 11.0. The van der Waals surface area contributed by atoms with Gasteiger partial charge in [0.15, 0.2) is 0 Å². The van der Waals surface area contributed by atoms with Crippen LogP contribution in [-0.4, -0.2) is 19.2 Å². The Morgan fingerprint density at radius 3 is 3.17 bits per heavy atom. The first-order chi connectivity index (χ1) is 5.83. The summed E-state index contributed by atoms with van der Waals surface area (Å²) in [6.07, 6.45) is 5.01. The molecule has 0 radical (unpaired) electrons. The summed E-state index contributed by atoms with van der Waals surface area (Å²) in [5.74, 6) is 0.176. The molecule has 0 aromatic carbocycles. The molecule has 0 spiro atoms. The van der Waals surface area contributed by atoms with Crippen molar-refractivity contribution in [1.29, 1.82) is 0 Å². The SMILES string of the molecule is CCOC(=O)CC1CC=COC1. The van der Waals surface area contributed by atoms with Crippen LogP contribution in [0, 0.1) is 5.92 Å². The van der Waals surface area contributed by atoms with Crippen molar-refractivity contribution >= 4 is 5.97 Å². The van der Waals surface area contributed by atoms with E-state index in [9.17, 15) is 4.79 Å². The van der Waals surface area contributed by atoms with Crippen LogP contribution < -0.4 is 0 Å². The van der Waals surface area contributed by atoms with Gasteiger partial charge in [0.2, 0.25) is 0 Å². The number of carbonyl (C=O) groups excluding carboxylic acids is 1. The molecule has 1 aliphatic heterocycles. The second-order valence-electron chi connectivity index (χ2n) is 2.82. The lowest BCUT2D eigenvalue weighted by atomic mass is 10.0. The van der Waals surface area contributed by atoms with Gasteiger partial charge < -0.3 is 9.47 Å². The zero-order valence-electron chi connectivity index (χ0n) is 7.29. The molecule has 3 nitrogen and oxygen atoms in total. The molecule has 1 unspecified atom stereocenters. The minimum Gasteiger partial charge on any atom is -0.501 e. The van der Waals surface area contributed by atoms with E-state index in [0.29, 0.717) is 25.6 Å². The molecule has 0 bridgehead atoms. The summed E-state index contributed by atoms with van der Waals surface area (Å²) in [5.41, 5.74) is 0. The Bertz CT molecular complexity index is 175. The van der Waals surface area contributed by atoms with Crippen LogP contribution in [0.15, 0.2) is 12.3 Å². The lowest BCUT2D eigenvalue weighted by Gasteiger charge is -2.16. The summed E-state index contributed by atoms with van der Waals surface area (Å²) < 4.78 is 9.90. The van der Waals surface area contributed by atoms with E-state index in [-0.39, 0.29) is 5.97 Å². The third kappa shape index (κ3) is 2.95. The van der Waals surface area contributed by atoms with Crippen molar-refractivity contribution in [3.8, 4) is 0 Å². The monoisotopic (exact) mass is 170 g/mol. The van der Waals surface area contributed by atoms with Crippen molar-refractivity contribution in [2.24, 2.45) is 5.92 Å². The lowest BCUT2D eigenvalue weighted by Crippen LogP contribution is -2.16. The average molecular weight is 170 g/mol. The first-order valence-electron chi connectivity index (χ1n) is 4.25. The summed E-state index contributed by atoms with van der Waals surface area (Å²) in [6.45, 7) is 2.91. The molecule has 1 heterocycles. The van der Waals surface area contributed by atoms with Crippen molar-refractivity contribution in [2.45, 2.75) is 19.8 Å². The molecular formula is C9H14O3. The van der Waals surface area contributed by atoms with Gasteiger partial charge in [-0.25, -0.2) is 0 Å². The molecule has 0 aromatic heterocycles. The van der Waals surface area contributed by atoms with E-state index < -0.39 is 0 Å². The molecule has 0 saturated heterocycles. The number of esters is 1. The predicted molar refractivity (Wildman–Crippen MR) is 44.4 cm³/mol. The van der Waals surface area contributed by atoms with E-state index in [2.05, 4.69) is 0 Å². The molecule has 0 N–H and O–H groups in total. The van der Waals surface area contributed by atoms with Crippen LogP contribution in [-0.2, 0) is 14.3 Å². The van der Waals surface area contributed by atoms with E-state index >= 15 is 0 Å². The fourth-order valence-corrected chi connectivity index (χ4v) is 1.17. The number of rotatable bonds is 3. The molecule has 68 valence electrons. The highest BCUT2D eigenvalue weighted by molar-refractivity contribution is 5.69. The minimum absolute atomic E-state index is 0.124. The molecule has 0 fully saturated rings. The fourth-order valence-electron chi connectivity index (χ4n) is 1.17. The molecule has 12 heavy (non-hydrogen) atoms. The quantitative estimate of drug-likeness (QED) is 0.602. The highest BCUT2D eigenvalue weighted by Crippen LogP contribution is 2.15. The first kappa shape index (κ1) is 9.10. The Morgan fingerprint density at radius 1 is 1.75 bits per heavy atom. The molecule has 0 saturated carbocycles. The highest BCUT2D eigenvalue weighted by Gasteiger charge is 2.15. The van der Waals surface area contributed by atoms with Crippen LogP contribution in [0.3, 0.4) is 0 Å². The van der Waals surface area contributed by atoms with Crippen molar-refractivity contribution < 1.29 is 14.3 Å². The van der Waals surface area contributed by atoms with Gasteiger partial charge in [-0.15, -0.1) is 0 Å². The highest BCUT2D eigenvalue weighted by atomic mass is 16.5. The van der Waals surface area contributed by atoms with Crippen LogP contribution >= 0.6 is 0 Å². The molecule has 1 rings (SSSR count). The molecule has 0 aliphatic carbocycles. The molecular weight excluding hydrogens is 156 g/mol. The van der Waals surface area contributed by atoms with Gasteiger partial charge in [0.05, 0.1) is 25.9 Å². The van der Waals surface area contributed by atoms with Gasteiger partial charge in [-0.3, -0.25) is 4.79 Å². The zero-order valence-corrected chi connectivity index (χ0v) is 7.29. The third-order valence-electron chi connectivity index (χ3n) is 1.75. The summed E-state index contributed by atoms with van der Waals surface area (Å²) in [5, 5.41) is 0. The zero-order chi connectivity index (χ0) is 8.81. The fraction of sp³-hybridized carbons (Fsp3) is 0.667. The summed E-state index contributed by atoms with van der Waals surface area (Å²) in [4.78, 5) is 11.0. The van der Waals surface area contributed by atoms with E-state index in [1.807, 2.05) is 13.0 Å². The van der Waals surface area contributed by atoms with E-state index in [1.165, 1.54) is 0 Å². The Labute approximate surface area is 72.4 Å². The first-order valence-corrected chi connectivity index (χ1v) is 4.25. The Kier molecular flexibility index (Phi) is 3.64. The average Bonchev–Trinajstić information content (AvgIpc) is 2.06. The van der Waals surface area contributed by atoms with Gasteiger partial charge in [-0.2, -0.15) is 0 Å². The second-order valence-corrected chi connectivity index (χ2v) is 2.82. The normalized spacial score (nSPS) is 21.6. The summed E-state index contributed by atoms with van der Waals surface area (Å²) in [6, 6.07) is 0. The maximum Gasteiger partial charge on any atom is 0.306 e. The van der Waals surface area contributed by atoms with Gasteiger partial charge >= 0.3 is 5.97 Å². The van der Waals surface area contributed by atoms with Crippen LogP contribution in [0.5, 0.6) is 0 Å². The predicted octanol–water partition coefficient (Wildman–Crippen LogP) is 1.49. The standard InChI is InChI=1S/C9H14O3/c1-2-12-9(10)6-8-4-3-5-11-7-8/h3,5,8H,2,4,6-7H2,1H3. The molecule has 0 amide bonds. The van der Waals surface area contributed by atoms with Crippen molar-refractivity contribution in [2.75, 3.05) is 13.2 Å². The van der Waals surface area contributed by atoms with E-state index in [4.69, 9.17) is 9.47 Å². The topological polar surface area (TPSA) is 35.5 Å². The molecule has 1 atom stereocenters. The summed E-state index contributed by atoms with van der Waals surface area (Å²) >= 11 is 0. The number of hydrogen-bond acceptors (Lipinski definition) is 3. The second kappa shape index (κ2) is 4.80. The Morgan fingerprint density at radius 2 is 2.58 bits per heavy atom. The van der Waals surface area contributed by atoms with Crippen molar-refractivity contribution in [3.05, 3.63) is 12.3 Å². The number of hydrogen-bond donors (Lipinski definition) is 0. The maximum atomic E-state index is 11.0. The smallest absolute Gasteiger partial charge is 0.306 e. The molecule has 0 aromatic rings. The van der Waals surface area contributed by atoms with Gasteiger partial charge in [0.1, 0.15) is 0 Å².